The highest BCUT2D eigenvalue weighted by Crippen LogP contribution is 2.28. The predicted molar refractivity (Wildman–Crippen MR) is 100 cm³/mol. The van der Waals surface area contributed by atoms with Gasteiger partial charge in [0.15, 0.2) is 11.0 Å². The molecular weight excluding hydrogens is 375 g/mol. The molecule has 2 aromatic carbocycles. The van der Waals surface area contributed by atoms with Gasteiger partial charge in [-0.05, 0) is 18.2 Å². The van der Waals surface area contributed by atoms with Crippen molar-refractivity contribution in [3.8, 4) is 11.4 Å². The second-order valence-corrected chi connectivity index (χ2v) is 6.85. The first-order valence-corrected chi connectivity index (χ1v) is 9.20. The molecule has 26 heavy (non-hydrogen) atoms. The average Bonchev–Trinajstić information content (AvgIpc) is 3.00. The monoisotopic (exact) mass is 390 g/mol. The van der Waals surface area contributed by atoms with Gasteiger partial charge in [-0.3, -0.25) is 4.79 Å². The van der Waals surface area contributed by atoms with Gasteiger partial charge < -0.3 is 9.88 Å². The minimum atomic E-state index is -0.335. The van der Waals surface area contributed by atoms with Gasteiger partial charge in [0.25, 0.3) is 0 Å². The van der Waals surface area contributed by atoms with Gasteiger partial charge in [0.05, 0.1) is 10.8 Å². The van der Waals surface area contributed by atoms with Crippen LogP contribution in [0, 0.1) is 5.82 Å². The third kappa shape index (κ3) is 4.23. The van der Waals surface area contributed by atoms with Crippen LogP contribution in [0.3, 0.4) is 0 Å². The summed E-state index contributed by atoms with van der Waals surface area (Å²) in [4.78, 5) is 12.0. The second kappa shape index (κ2) is 8.33. The molecule has 1 amide bonds. The summed E-state index contributed by atoms with van der Waals surface area (Å²) in [6.45, 7) is 0.149. The molecule has 8 heteroatoms. The van der Waals surface area contributed by atoms with Crippen LogP contribution in [-0.2, 0) is 18.4 Å². The SMILES string of the molecule is Cn1c(SCC(=O)NCc2ccccc2F)nnc1-c1ccccc1Cl. The van der Waals surface area contributed by atoms with E-state index in [0.717, 1.165) is 5.56 Å². The summed E-state index contributed by atoms with van der Waals surface area (Å²) < 4.78 is 15.3. The van der Waals surface area contributed by atoms with E-state index in [4.69, 9.17) is 11.6 Å². The van der Waals surface area contributed by atoms with Crippen molar-refractivity contribution in [3.05, 3.63) is 64.9 Å². The topological polar surface area (TPSA) is 59.8 Å². The summed E-state index contributed by atoms with van der Waals surface area (Å²) in [6.07, 6.45) is 0. The Balaban J connectivity index is 1.59. The number of thioether (sulfide) groups is 1. The fourth-order valence-corrected chi connectivity index (χ4v) is 3.30. The van der Waals surface area contributed by atoms with Crippen molar-refractivity contribution in [1.29, 1.82) is 0 Å². The highest BCUT2D eigenvalue weighted by Gasteiger charge is 2.15. The van der Waals surface area contributed by atoms with Crippen LogP contribution in [-0.4, -0.2) is 26.4 Å². The van der Waals surface area contributed by atoms with Crippen molar-refractivity contribution in [2.24, 2.45) is 7.05 Å². The molecule has 0 saturated heterocycles. The lowest BCUT2D eigenvalue weighted by Gasteiger charge is -2.07. The Kier molecular flexibility index (Phi) is 5.90. The maximum Gasteiger partial charge on any atom is 0.230 e. The Morgan fingerprint density at radius 2 is 1.92 bits per heavy atom. The third-order valence-corrected chi connectivity index (χ3v) is 5.07. The first-order chi connectivity index (χ1) is 12.6. The molecule has 1 heterocycles. The Morgan fingerprint density at radius 1 is 1.19 bits per heavy atom. The van der Waals surface area contributed by atoms with Gasteiger partial charge in [0.2, 0.25) is 5.91 Å². The number of hydrogen-bond donors (Lipinski definition) is 1. The summed E-state index contributed by atoms with van der Waals surface area (Å²) in [7, 11) is 1.82. The average molecular weight is 391 g/mol. The van der Waals surface area contributed by atoms with Gasteiger partial charge in [-0.2, -0.15) is 0 Å². The summed E-state index contributed by atoms with van der Waals surface area (Å²) in [6, 6.07) is 13.7. The van der Waals surface area contributed by atoms with E-state index in [1.165, 1.54) is 17.8 Å². The van der Waals surface area contributed by atoms with Gasteiger partial charge in [0.1, 0.15) is 5.82 Å². The molecule has 0 aliphatic carbocycles. The van der Waals surface area contributed by atoms with E-state index in [1.807, 2.05) is 25.2 Å². The first kappa shape index (κ1) is 18.4. The van der Waals surface area contributed by atoms with Gasteiger partial charge in [0, 0.05) is 24.7 Å². The van der Waals surface area contributed by atoms with E-state index in [2.05, 4.69) is 15.5 Å². The van der Waals surface area contributed by atoms with Gasteiger partial charge in [-0.25, -0.2) is 4.39 Å². The zero-order valence-corrected chi connectivity index (χ0v) is 15.5. The van der Waals surface area contributed by atoms with Crippen LogP contribution in [0.15, 0.2) is 53.7 Å². The molecule has 1 N–H and O–H groups in total. The van der Waals surface area contributed by atoms with Crippen molar-refractivity contribution < 1.29 is 9.18 Å². The van der Waals surface area contributed by atoms with E-state index in [9.17, 15) is 9.18 Å². The number of carbonyl (C=O) groups excluding carboxylic acids is 1. The van der Waals surface area contributed by atoms with E-state index in [-0.39, 0.29) is 24.0 Å². The molecule has 5 nitrogen and oxygen atoms in total. The molecule has 0 bridgehead atoms. The highest BCUT2D eigenvalue weighted by molar-refractivity contribution is 7.99. The number of carbonyl (C=O) groups is 1. The molecule has 0 unspecified atom stereocenters. The first-order valence-electron chi connectivity index (χ1n) is 7.83. The van der Waals surface area contributed by atoms with Crippen LogP contribution in [0.1, 0.15) is 5.56 Å². The van der Waals surface area contributed by atoms with E-state index < -0.39 is 0 Å². The Hall–Kier alpha value is -2.38. The molecule has 0 radical (unpaired) electrons. The number of nitrogens with zero attached hydrogens (tertiary/aromatic N) is 3. The number of benzene rings is 2. The van der Waals surface area contributed by atoms with Crippen LogP contribution < -0.4 is 5.32 Å². The van der Waals surface area contributed by atoms with E-state index in [0.29, 0.717) is 21.6 Å². The quantitative estimate of drug-likeness (QED) is 0.652. The van der Waals surface area contributed by atoms with Crippen molar-refractivity contribution in [3.63, 3.8) is 0 Å². The zero-order valence-electron chi connectivity index (χ0n) is 13.9. The number of rotatable bonds is 6. The van der Waals surface area contributed by atoms with Gasteiger partial charge in [-0.15, -0.1) is 10.2 Å². The maximum absolute atomic E-state index is 13.6. The van der Waals surface area contributed by atoms with E-state index >= 15 is 0 Å². The molecule has 0 atom stereocenters. The zero-order chi connectivity index (χ0) is 18.5. The molecule has 0 aliphatic rings. The van der Waals surface area contributed by atoms with Gasteiger partial charge >= 0.3 is 0 Å². The minimum absolute atomic E-state index is 0.149. The summed E-state index contributed by atoms with van der Waals surface area (Å²) in [5.41, 5.74) is 1.23. The van der Waals surface area contributed by atoms with Crippen LogP contribution in [0.5, 0.6) is 0 Å². The maximum atomic E-state index is 13.6. The lowest BCUT2D eigenvalue weighted by atomic mass is 10.2. The molecule has 0 saturated carbocycles. The van der Waals surface area contributed by atoms with Crippen molar-refractivity contribution in [2.45, 2.75) is 11.7 Å². The van der Waals surface area contributed by atoms with Gasteiger partial charge in [-0.1, -0.05) is 53.7 Å². The fourth-order valence-electron chi connectivity index (χ4n) is 2.33. The van der Waals surface area contributed by atoms with Crippen molar-refractivity contribution >= 4 is 29.3 Å². The highest BCUT2D eigenvalue weighted by atomic mass is 35.5. The lowest BCUT2D eigenvalue weighted by molar-refractivity contribution is -0.118. The standard InChI is InChI=1S/C18H16ClFN4OS/c1-24-17(13-7-3-4-8-14(13)19)22-23-18(24)26-11-16(25)21-10-12-6-2-5-9-15(12)20/h2-9H,10-11H2,1H3,(H,21,25). The molecule has 0 aliphatic heterocycles. The lowest BCUT2D eigenvalue weighted by Crippen LogP contribution is -2.25. The van der Waals surface area contributed by atoms with Crippen LogP contribution in [0.25, 0.3) is 11.4 Å². The summed E-state index contributed by atoms with van der Waals surface area (Å²) in [5.74, 6) is 0.242. The number of hydrogen-bond acceptors (Lipinski definition) is 4. The van der Waals surface area contributed by atoms with Crippen LogP contribution in [0.2, 0.25) is 5.02 Å². The Bertz CT molecular complexity index is 931. The fraction of sp³-hybridized carbons (Fsp3) is 0.167. The third-order valence-electron chi connectivity index (χ3n) is 3.72. The minimum Gasteiger partial charge on any atom is -0.351 e. The molecular formula is C18H16ClFN4OS. The van der Waals surface area contributed by atoms with Crippen LogP contribution in [0.4, 0.5) is 4.39 Å². The predicted octanol–water partition coefficient (Wildman–Crippen LogP) is 3.68. The van der Waals surface area contributed by atoms with Crippen molar-refractivity contribution in [2.75, 3.05) is 5.75 Å². The Morgan fingerprint density at radius 3 is 2.69 bits per heavy atom. The summed E-state index contributed by atoms with van der Waals surface area (Å²) in [5, 5.41) is 12.2. The number of nitrogens with one attached hydrogen (secondary N) is 1. The largest absolute Gasteiger partial charge is 0.351 e. The van der Waals surface area contributed by atoms with Crippen molar-refractivity contribution in [1.82, 2.24) is 20.1 Å². The molecule has 3 rings (SSSR count). The smallest absolute Gasteiger partial charge is 0.230 e. The molecule has 0 spiro atoms. The second-order valence-electron chi connectivity index (χ2n) is 5.50. The Labute approximate surface area is 159 Å². The molecule has 3 aromatic rings. The number of halogens is 2. The number of amides is 1. The normalized spacial score (nSPS) is 10.7. The molecule has 1 aromatic heterocycles. The summed E-state index contributed by atoms with van der Waals surface area (Å²) >= 11 is 7.45. The van der Waals surface area contributed by atoms with Crippen LogP contribution >= 0.6 is 23.4 Å². The molecule has 0 fully saturated rings. The molecule has 134 valence electrons. The van der Waals surface area contributed by atoms with E-state index in [1.54, 1.807) is 28.8 Å². The number of aromatic nitrogens is 3.